The number of carbonyl (C=O) groups excluding carboxylic acids is 1. The fourth-order valence-corrected chi connectivity index (χ4v) is 2.99. The van der Waals surface area contributed by atoms with Crippen LogP contribution in [0.2, 0.25) is 0 Å². The summed E-state index contributed by atoms with van der Waals surface area (Å²) in [6, 6.07) is 9.78. The summed E-state index contributed by atoms with van der Waals surface area (Å²) in [7, 11) is 0. The van der Waals surface area contributed by atoms with Crippen molar-refractivity contribution >= 4 is 46.7 Å². The van der Waals surface area contributed by atoms with Crippen LogP contribution in [0.25, 0.3) is 10.9 Å². The van der Waals surface area contributed by atoms with Crippen molar-refractivity contribution in [2.45, 2.75) is 20.3 Å². The second-order valence-corrected chi connectivity index (χ2v) is 6.53. The standard InChI is InChI=1S/C21H27N5O2.HI/c1-3-22-21(25-11-10-23-20(27)19-5-4-12-28-19)24-9-8-16-14-26-18-13-15(2)6-7-17(16)18;/h4-7,12-14,26H,3,8-11H2,1-2H3,(H,23,27)(H2,22,24,25);1H. The molecule has 0 radical (unpaired) electrons. The van der Waals surface area contributed by atoms with Crippen molar-refractivity contribution in [1.29, 1.82) is 0 Å². The van der Waals surface area contributed by atoms with Gasteiger partial charge in [-0.1, -0.05) is 12.1 Å². The van der Waals surface area contributed by atoms with E-state index in [0.29, 0.717) is 25.4 Å². The molecule has 0 unspecified atom stereocenters. The van der Waals surface area contributed by atoms with Gasteiger partial charge >= 0.3 is 0 Å². The van der Waals surface area contributed by atoms with Crippen molar-refractivity contribution in [2.24, 2.45) is 4.99 Å². The van der Waals surface area contributed by atoms with Crippen LogP contribution in [0.15, 0.2) is 52.2 Å². The van der Waals surface area contributed by atoms with Gasteiger partial charge in [0.05, 0.1) is 6.26 Å². The molecule has 8 heteroatoms. The zero-order chi connectivity index (χ0) is 19.8. The Morgan fingerprint density at radius 2 is 2.00 bits per heavy atom. The molecule has 0 saturated heterocycles. The van der Waals surface area contributed by atoms with Gasteiger partial charge in [-0.3, -0.25) is 9.79 Å². The largest absolute Gasteiger partial charge is 0.459 e. The van der Waals surface area contributed by atoms with E-state index in [1.54, 1.807) is 12.1 Å². The number of amides is 1. The van der Waals surface area contributed by atoms with Crippen LogP contribution in [-0.2, 0) is 6.42 Å². The number of halogens is 1. The van der Waals surface area contributed by atoms with Gasteiger partial charge in [-0.05, 0) is 49.6 Å². The van der Waals surface area contributed by atoms with E-state index in [0.717, 1.165) is 24.4 Å². The topological polar surface area (TPSA) is 94.5 Å². The normalized spacial score (nSPS) is 11.2. The highest BCUT2D eigenvalue weighted by Crippen LogP contribution is 2.19. The predicted octanol–water partition coefficient (Wildman–Crippen LogP) is 3.21. The van der Waals surface area contributed by atoms with Gasteiger partial charge in [-0.2, -0.15) is 0 Å². The number of aromatic nitrogens is 1. The minimum atomic E-state index is -0.219. The lowest BCUT2D eigenvalue weighted by Gasteiger charge is -2.11. The quantitative estimate of drug-likeness (QED) is 0.162. The summed E-state index contributed by atoms with van der Waals surface area (Å²) in [4.78, 5) is 19.8. The Kier molecular flexibility index (Phi) is 9.04. The summed E-state index contributed by atoms with van der Waals surface area (Å²) in [6.07, 6.45) is 4.40. The van der Waals surface area contributed by atoms with E-state index in [9.17, 15) is 4.79 Å². The molecule has 156 valence electrons. The molecule has 0 aliphatic carbocycles. The Bertz CT molecular complexity index is 934. The molecular weight excluding hydrogens is 481 g/mol. The van der Waals surface area contributed by atoms with Crippen molar-refractivity contribution < 1.29 is 9.21 Å². The first-order chi connectivity index (χ1) is 13.7. The number of aryl methyl sites for hydroxylation is 1. The van der Waals surface area contributed by atoms with Crippen LogP contribution in [0.3, 0.4) is 0 Å². The molecule has 1 amide bonds. The molecule has 3 aromatic rings. The first-order valence-electron chi connectivity index (χ1n) is 9.58. The maximum absolute atomic E-state index is 11.8. The van der Waals surface area contributed by atoms with Gasteiger partial charge < -0.3 is 25.4 Å². The van der Waals surface area contributed by atoms with Crippen LogP contribution in [0.5, 0.6) is 0 Å². The minimum Gasteiger partial charge on any atom is -0.459 e. The fraction of sp³-hybridized carbons (Fsp3) is 0.333. The van der Waals surface area contributed by atoms with Crippen LogP contribution < -0.4 is 16.0 Å². The molecule has 7 nitrogen and oxygen atoms in total. The van der Waals surface area contributed by atoms with Gasteiger partial charge in [-0.15, -0.1) is 24.0 Å². The zero-order valence-corrected chi connectivity index (χ0v) is 19.1. The van der Waals surface area contributed by atoms with Crippen LogP contribution in [0, 0.1) is 6.92 Å². The number of carbonyl (C=O) groups is 1. The van der Waals surface area contributed by atoms with Crippen LogP contribution in [0.1, 0.15) is 28.6 Å². The van der Waals surface area contributed by atoms with Crippen LogP contribution in [-0.4, -0.2) is 43.0 Å². The molecule has 0 fully saturated rings. The Morgan fingerprint density at radius 1 is 1.17 bits per heavy atom. The average molecular weight is 509 g/mol. The van der Waals surface area contributed by atoms with E-state index in [4.69, 9.17) is 4.42 Å². The number of benzene rings is 1. The van der Waals surface area contributed by atoms with Gasteiger partial charge in [0, 0.05) is 43.3 Å². The lowest BCUT2D eigenvalue weighted by atomic mass is 10.1. The molecule has 4 N–H and O–H groups in total. The van der Waals surface area contributed by atoms with Crippen LogP contribution in [0.4, 0.5) is 0 Å². The molecule has 2 heterocycles. The van der Waals surface area contributed by atoms with E-state index in [2.05, 4.69) is 57.2 Å². The predicted molar refractivity (Wildman–Crippen MR) is 127 cm³/mol. The van der Waals surface area contributed by atoms with Gasteiger partial charge in [-0.25, -0.2) is 0 Å². The number of hydrogen-bond donors (Lipinski definition) is 4. The average Bonchev–Trinajstić information content (AvgIpc) is 3.35. The van der Waals surface area contributed by atoms with Crippen molar-refractivity contribution in [3.63, 3.8) is 0 Å². The number of rotatable bonds is 8. The Morgan fingerprint density at radius 3 is 2.76 bits per heavy atom. The first kappa shape index (κ1) is 22.8. The highest BCUT2D eigenvalue weighted by atomic mass is 127. The molecule has 0 aliphatic heterocycles. The number of nitrogens with one attached hydrogen (secondary N) is 4. The second-order valence-electron chi connectivity index (χ2n) is 6.53. The van der Waals surface area contributed by atoms with Crippen molar-refractivity contribution in [3.05, 3.63) is 59.7 Å². The second kappa shape index (κ2) is 11.5. The summed E-state index contributed by atoms with van der Waals surface area (Å²) in [5, 5.41) is 10.5. The Balaban J connectivity index is 0.00000300. The summed E-state index contributed by atoms with van der Waals surface area (Å²) in [5.41, 5.74) is 3.67. The molecule has 0 saturated carbocycles. The van der Waals surface area contributed by atoms with Crippen molar-refractivity contribution in [2.75, 3.05) is 26.2 Å². The molecule has 3 rings (SSSR count). The van der Waals surface area contributed by atoms with Gasteiger partial charge in [0.2, 0.25) is 0 Å². The molecular formula is C21H28IN5O2. The fourth-order valence-electron chi connectivity index (χ4n) is 2.99. The molecule has 2 aromatic heterocycles. The third-order valence-electron chi connectivity index (χ3n) is 4.37. The number of H-pyrrole nitrogens is 1. The monoisotopic (exact) mass is 509 g/mol. The third kappa shape index (κ3) is 6.52. The van der Waals surface area contributed by atoms with E-state index in [1.165, 1.54) is 22.8 Å². The molecule has 29 heavy (non-hydrogen) atoms. The third-order valence-corrected chi connectivity index (χ3v) is 4.37. The smallest absolute Gasteiger partial charge is 0.287 e. The number of hydrogen-bond acceptors (Lipinski definition) is 3. The van der Waals surface area contributed by atoms with Crippen LogP contribution >= 0.6 is 24.0 Å². The number of aromatic amines is 1. The number of furan rings is 1. The number of fused-ring (bicyclic) bond motifs is 1. The summed E-state index contributed by atoms with van der Waals surface area (Å²) in [6.45, 7) is 6.62. The van der Waals surface area contributed by atoms with E-state index >= 15 is 0 Å². The SMILES string of the molecule is CCNC(=NCCc1c[nH]c2cc(C)ccc12)NCCNC(=O)c1ccco1.I. The maximum atomic E-state index is 11.8. The lowest BCUT2D eigenvalue weighted by molar-refractivity contribution is 0.0926. The van der Waals surface area contributed by atoms with Crippen molar-refractivity contribution in [3.8, 4) is 0 Å². The van der Waals surface area contributed by atoms with Gasteiger partial charge in [0.25, 0.3) is 5.91 Å². The van der Waals surface area contributed by atoms with Crippen molar-refractivity contribution in [1.82, 2.24) is 20.9 Å². The van der Waals surface area contributed by atoms with E-state index in [-0.39, 0.29) is 29.9 Å². The molecule has 0 atom stereocenters. The molecule has 0 spiro atoms. The lowest BCUT2D eigenvalue weighted by Crippen LogP contribution is -2.41. The van der Waals surface area contributed by atoms with Gasteiger partial charge in [0.1, 0.15) is 0 Å². The zero-order valence-electron chi connectivity index (χ0n) is 16.7. The maximum Gasteiger partial charge on any atom is 0.287 e. The molecule has 0 aliphatic rings. The number of nitrogens with zero attached hydrogens (tertiary/aromatic N) is 1. The molecule has 0 bridgehead atoms. The Hall–Kier alpha value is -2.49. The number of aliphatic imine (C=N–C) groups is 1. The molecule has 1 aromatic carbocycles. The Labute approximate surface area is 187 Å². The summed E-state index contributed by atoms with van der Waals surface area (Å²) < 4.78 is 5.07. The van der Waals surface area contributed by atoms with E-state index in [1.807, 2.05) is 6.92 Å². The minimum absolute atomic E-state index is 0. The van der Waals surface area contributed by atoms with Gasteiger partial charge in [0.15, 0.2) is 11.7 Å². The number of guanidine groups is 1. The summed E-state index contributed by atoms with van der Waals surface area (Å²) in [5.74, 6) is 0.836. The highest BCUT2D eigenvalue weighted by Gasteiger charge is 2.07. The first-order valence-corrected chi connectivity index (χ1v) is 9.58. The van der Waals surface area contributed by atoms with E-state index < -0.39 is 0 Å². The highest BCUT2D eigenvalue weighted by molar-refractivity contribution is 14.0. The summed E-state index contributed by atoms with van der Waals surface area (Å²) >= 11 is 0.